The first-order chi connectivity index (χ1) is 13.4. The zero-order chi connectivity index (χ0) is 20.1. The molecule has 146 valence electrons. The van der Waals surface area contributed by atoms with Gasteiger partial charge in [-0.25, -0.2) is 0 Å². The molecule has 5 heteroatoms. The van der Waals surface area contributed by atoms with E-state index in [1.807, 2.05) is 80.5 Å². The molecule has 0 bridgehead atoms. The minimum atomic E-state index is -3.58. The third-order valence-electron chi connectivity index (χ3n) is 4.69. The van der Waals surface area contributed by atoms with Crippen LogP contribution >= 0.6 is 7.37 Å². The van der Waals surface area contributed by atoms with E-state index in [-0.39, 0.29) is 6.61 Å². The Labute approximate surface area is 166 Å². The second-order valence-electron chi connectivity index (χ2n) is 7.05. The van der Waals surface area contributed by atoms with Gasteiger partial charge in [-0.1, -0.05) is 60.2 Å². The van der Waals surface area contributed by atoms with Gasteiger partial charge in [-0.2, -0.15) is 0 Å². The van der Waals surface area contributed by atoms with E-state index < -0.39 is 13.2 Å². The Kier molecular flexibility index (Phi) is 6.35. The van der Waals surface area contributed by atoms with E-state index in [0.29, 0.717) is 10.9 Å². The monoisotopic (exact) mass is 395 g/mol. The lowest BCUT2D eigenvalue weighted by atomic mass is 10.2. The quantitative estimate of drug-likeness (QED) is 0.580. The molecular formula is C23H26NO3P. The molecule has 0 radical (unpaired) electrons. The summed E-state index contributed by atoms with van der Waals surface area (Å²) in [7, 11) is 0.314. The van der Waals surface area contributed by atoms with Crippen molar-refractivity contribution in [2.45, 2.75) is 19.4 Å². The first-order valence-electron chi connectivity index (χ1n) is 9.21. The molecule has 0 saturated heterocycles. The second kappa shape index (κ2) is 8.74. The van der Waals surface area contributed by atoms with E-state index in [1.54, 1.807) is 24.3 Å². The minimum absolute atomic E-state index is 0.163. The Balaban J connectivity index is 1.96. The molecule has 3 rings (SSSR count). The molecule has 1 N–H and O–H groups in total. The number of aliphatic hydroxyl groups is 1. The number of benzene rings is 3. The summed E-state index contributed by atoms with van der Waals surface area (Å²) in [5.41, 5.74) is 3.55. The summed E-state index contributed by atoms with van der Waals surface area (Å²) < 4.78 is 19.9. The number of hydrogen-bond acceptors (Lipinski definition) is 4. The average Bonchev–Trinajstić information content (AvgIpc) is 2.73. The van der Waals surface area contributed by atoms with E-state index >= 15 is 0 Å². The number of nitrogens with zero attached hydrogens (tertiary/aromatic N) is 1. The number of rotatable bonds is 7. The number of anilines is 1. The maximum Gasteiger partial charge on any atom is 0.264 e. The fourth-order valence-corrected chi connectivity index (χ4v) is 4.97. The van der Waals surface area contributed by atoms with Crippen LogP contribution in [0.25, 0.3) is 0 Å². The molecule has 0 saturated carbocycles. The van der Waals surface area contributed by atoms with Crippen LogP contribution in [0, 0.1) is 6.92 Å². The summed E-state index contributed by atoms with van der Waals surface area (Å²) in [6.45, 7) is 2.14. The van der Waals surface area contributed by atoms with E-state index in [9.17, 15) is 9.67 Å². The summed E-state index contributed by atoms with van der Waals surface area (Å²) in [5.74, 6) is -1.23. The Morgan fingerprint density at radius 1 is 0.929 bits per heavy atom. The van der Waals surface area contributed by atoms with Gasteiger partial charge in [0.2, 0.25) is 0 Å². The Bertz CT molecular complexity index is 938. The van der Waals surface area contributed by atoms with Crippen LogP contribution in [0.3, 0.4) is 0 Å². The molecule has 0 amide bonds. The summed E-state index contributed by atoms with van der Waals surface area (Å²) in [5, 5.41) is 11.5. The van der Waals surface area contributed by atoms with Gasteiger partial charge in [0.05, 0.1) is 6.61 Å². The maximum absolute atomic E-state index is 14.0. The van der Waals surface area contributed by atoms with Gasteiger partial charge in [-0.05, 0) is 42.3 Å². The van der Waals surface area contributed by atoms with Gasteiger partial charge >= 0.3 is 0 Å². The van der Waals surface area contributed by atoms with Crippen molar-refractivity contribution < 1.29 is 14.2 Å². The smallest absolute Gasteiger partial charge is 0.264 e. The molecular weight excluding hydrogens is 369 g/mol. The topological polar surface area (TPSA) is 49.8 Å². The van der Waals surface area contributed by atoms with Crippen LogP contribution in [-0.4, -0.2) is 19.2 Å². The van der Waals surface area contributed by atoms with Gasteiger partial charge < -0.3 is 14.5 Å². The van der Waals surface area contributed by atoms with Crippen molar-refractivity contribution in [2.75, 3.05) is 19.0 Å². The zero-order valence-electron chi connectivity index (χ0n) is 16.4. The maximum atomic E-state index is 14.0. The normalized spacial score (nSPS) is 14.3. The molecule has 0 aliphatic rings. The molecule has 0 unspecified atom stereocenters. The van der Waals surface area contributed by atoms with Gasteiger partial charge in [-0.3, -0.25) is 4.57 Å². The first kappa shape index (κ1) is 20.3. The lowest BCUT2D eigenvalue weighted by Gasteiger charge is -2.25. The van der Waals surface area contributed by atoms with Crippen LogP contribution in [-0.2, 0) is 15.7 Å². The molecule has 0 fully saturated rings. The SMILES string of the molecule is Cc1ccc([C@H](O)[P@@](=O)(OCc2ccccc2)c2ccc(N(C)C)cc2)cc1. The van der Waals surface area contributed by atoms with Crippen molar-refractivity contribution in [2.24, 2.45) is 0 Å². The van der Waals surface area contributed by atoms with Crippen molar-refractivity contribution >= 4 is 18.4 Å². The number of hydrogen-bond donors (Lipinski definition) is 1. The van der Waals surface area contributed by atoms with Crippen LogP contribution < -0.4 is 10.2 Å². The fraction of sp³-hybridized carbons (Fsp3) is 0.217. The fourth-order valence-electron chi connectivity index (χ4n) is 2.92. The summed E-state index contributed by atoms with van der Waals surface area (Å²) in [6, 6.07) is 24.3. The van der Waals surface area contributed by atoms with Crippen LogP contribution in [0.4, 0.5) is 5.69 Å². The summed E-state index contributed by atoms with van der Waals surface area (Å²) in [6.07, 6.45) is 0. The minimum Gasteiger partial charge on any atom is -0.378 e. The van der Waals surface area contributed by atoms with Crippen LogP contribution in [0.2, 0.25) is 0 Å². The van der Waals surface area contributed by atoms with Gasteiger partial charge in [0, 0.05) is 25.1 Å². The van der Waals surface area contributed by atoms with Crippen molar-refractivity contribution in [1.29, 1.82) is 0 Å². The van der Waals surface area contributed by atoms with Gasteiger partial charge in [0.15, 0.2) is 5.85 Å². The standard InChI is InChI=1S/C23H26NO3P/c1-18-9-11-20(12-10-18)23(25)28(26,27-17-19-7-5-4-6-8-19)22-15-13-21(14-16-22)24(2)3/h4-16,23,25H,17H2,1-3H3/t23-,28+/m1/s1. The third kappa shape index (κ3) is 4.53. The van der Waals surface area contributed by atoms with Gasteiger partial charge in [0.25, 0.3) is 7.37 Å². The highest BCUT2D eigenvalue weighted by Gasteiger charge is 2.36. The Hall–Kier alpha value is -2.39. The second-order valence-corrected chi connectivity index (χ2v) is 9.51. The highest BCUT2D eigenvalue weighted by Crippen LogP contribution is 2.58. The molecule has 0 spiro atoms. The molecule has 28 heavy (non-hydrogen) atoms. The van der Waals surface area contributed by atoms with E-state index in [0.717, 1.165) is 16.8 Å². The lowest BCUT2D eigenvalue weighted by molar-refractivity contribution is 0.210. The van der Waals surface area contributed by atoms with Crippen molar-refractivity contribution in [3.05, 3.63) is 95.6 Å². The highest BCUT2D eigenvalue weighted by atomic mass is 31.2. The molecule has 4 nitrogen and oxygen atoms in total. The van der Waals surface area contributed by atoms with Gasteiger partial charge in [-0.15, -0.1) is 0 Å². The largest absolute Gasteiger partial charge is 0.378 e. The predicted molar refractivity (Wildman–Crippen MR) is 115 cm³/mol. The van der Waals surface area contributed by atoms with Crippen molar-refractivity contribution in [1.82, 2.24) is 0 Å². The molecule has 3 aromatic rings. The number of aliphatic hydroxyl groups excluding tert-OH is 1. The molecule has 3 aromatic carbocycles. The average molecular weight is 395 g/mol. The zero-order valence-corrected chi connectivity index (χ0v) is 17.3. The van der Waals surface area contributed by atoms with Gasteiger partial charge in [0.1, 0.15) is 0 Å². The lowest BCUT2D eigenvalue weighted by Crippen LogP contribution is -2.16. The van der Waals surface area contributed by atoms with Crippen molar-refractivity contribution in [3.63, 3.8) is 0 Å². The molecule has 0 aromatic heterocycles. The van der Waals surface area contributed by atoms with Crippen molar-refractivity contribution in [3.8, 4) is 0 Å². The van der Waals surface area contributed by atoms with E-state index in [1.165, 1.54) is 0 Å². The van der Waals surface area contributed by atoms with E-state index in [4.69, 9.17) is 4.52 Å². The van der Waals surface area contributed by atoms with Crippen LogP contribution in [0.15, 0.2) is 78.9 Å². The summed E-state index contributed by atoms with van der Waals surface area (Å²) in [4.78, 5) is 1.97. The highest BCUT2D eigenvalue weighted by molar-refractivity contribution is 7.67. The number of aryl methyl sites for hydroxylation is 1. The van der Waals surface area contributed by atoms with Crippen LogP contribution in [0.1, 0.15) is 22.5 Å². The predicted octanol–water partition coefficient (Wildman–Crippen LogP) is 4.87. The van der Waals surface area contributed by atoms with Crippen LogP contribution in [0.5, 0.6) is 0 Å². The molecule has 2 atom stereocenters. The summed E-state index contributed by atoms with van der Waals surface area (Å²) >= 11 is 0. The molecule has 0 aliphatic heterocycles. The van der Waals surface area contributed by atoms with E-state index in [2.05, 4.69) is 0 Å². The first-order valence-corrected chi connectivity index (χ1v) is 10.9. The third-order valence-corrected chi connectivity index (χ3v) is 7.16. The molecule has 0 heterocycles. The Morgan fingerprint density at radius 3 is 2.11 bits per heavy atom. The Morgan fingerprint density at radius 2 is 1.54 bits per heavy atom. The molecule has 0 aliphatic carbocycles.